The maximum Gasteiger partial charge on any atom is 0.186 e. The Bertz CT molecular complexity index is 357. The predicted molar refractivity (Wildman–Crippen MR) is 51.6 cm³/mol. The largest absolute Gasteiger partial charge is 0.248 e. The van der Waals surface area contributed by atoms with Gasteiger partial charge < -0.3 is 0 Å². The monoisotopic (exact) mass is 190 g/mol. The molecule has 0 aromatic carbocycles. The zero-order valence-electron chi connectivity index (χ0n) is 8.40. The SMILES string of the molecule is CCCCn1nnc(C#N)c1C1CC1. The summed E-state index contributed by atoms with van der Waals surface area (Å²) < 4.78 is 1.92. The number of hydrogen-bond acceptors (Lipinski definition) is 3. The molecule has 0 bridgehead atoms. The molecular formula is C10H14N4. The summed E-state index contributed by atoms with van der Waals surface area (Å²) >= 11 is 0. The van der Waals surface area contributed by atoms with Crippen molar-refractivity contribution in [2.24, 2.45) is 0 Å². The van der Waals surface area contributed by atoms with Gasteiger partial charge in [0.1, 0.15) is 6.07 Å². The van der Waals surface area contributed by atoms with Gasteiger partial charge in [-0.05, 0) is 19.3 Å². The van der Waals surface area contributed by atoms with Crippen LogP contribution < -0.4 is 0 Å². The van der Waals surface area contributed by atoms with Gasteiger partial charge in [-0.2, -0.15) is 5.26 Å². The van der Waals surface area contributed by atoms with Gasteiger partial charge in [0.2, 0.25) is 0 Å². The number of unbranched alkanes of at least 4 members (excludes halogenated alkanes) is 1. The lowest BCUT2D eigenvalue weighted by atomic mass is 10.2. The van der Waals surface area contributed by atoms with Crippen LogP contribution in [0.5, 0.6) is 0 Å². The van der Waals surface area contributed by atoms with Crippen molar-refractivity contribution < 1.29 is 0 Å². The zero-order chi connectivity index (χ0) is 9.97. The fraction of sp³-hybridized carbons (Fsp3) is 0.700. The first kappa shape index (κ1) is 9.20. The molecule has 0 N–H and O–H groups in total. The smallest absolute Gasteiger partial charge is 0.186 e. The zero-order valence-corrected chi connectivity index (χ0v) is 8.40. The Labute approximate surface area is 83.5 Å². The fourth-order valence-corrected chi connectivity index (χ4v) is 1.63. The molecule has 74 valence electrons. The highest BCUT2D eigenvalue weighted by atomic mass is 15.4. The molecule has 4 nitrogen and oxygen atoms in total. The van der Waals surface area contributed by atoms with E-state index < -0.39 is 0 Å². The second-order valence-corrected chi connectivity index (χ2v) is 3.79. The van der Waals surface area contributed by atoms with Crippen molar-refractivity contribution in [3.8, 4) is 6.07 Å². The van der Waals surface area contributed by atoms with Crippen LogP contribution in [0, 0.1) is 11.3 Å². The summed E-state index contributed by atoms with van der Waals surface area (Å²) in [7, 11) is 0. The number of rotatable bonds is 4. The van der Waals surface area contributed by atoms with Gasteiger partial charge in [0.15, 0.2) is 5.69 Å². The predicted octanol–water partition coefficient (Wildman–Crippen LogP) is 1.83. The molecule has 1 aromatic rings. The van der Waals surface area contributed by atoms with E-state index in [0.717, 1.165) is 25.1 Å². The van der Waals surface area contributed by atoms with E-state index in [9.17, 15) is 0 Å². The van der Waals surface area contributed by atoms with Gasteiger partial charge in [0.25, 0.3) is 0 Å². The summed E-state index contributed by atoms with van der Waals surface area (Å²) in [6.45, 7) is 3.05. The van der Waals surface area contributed by atoms with Crippen molar-refractivity contribution in [1.82, 2.24) is 15.0 Å². The molecule has 0 aliphatic heterocycles. The Morgan fingerprint density at radius 2 is 2.36 bits per heavy atom. The number of aryl methyl sites for hydroxylation is 1. The molecule has 1 fully saturated rings. The molecule has 1 aromatic heterocycles. The maximum absolute atomic E-state index is 8.87. The van der Waals surface area contributed by atoms with E-state index in [1.165, 1.54) is 12.8 Å². The van der Waals surface area contributed by atoms with Crippen molar-refractivity contribution >= 4 is 0 Å². The average Bonchev–Trinajstić information content (AvgIpc) is 2.96. The Hall–Kier alpha value is -1.37. The van der Waals surface area contributed by atoms with Gasteiger partial charge in [0, 0.05) is 12.5 Å². The molecule has 0 saturated heterocycles. The third-order valence-corrected chi connectivity index (χ3v) is 2.57. The minimum Gasteiger partial charge on any atom is -0.248 e. The Morgan fingerprint density at radius 3 is 2.93 bits per heavy atom. The average molecular weight is 190 g/mol. The molecule has 0 radical (unpaired) electrons. The first-order chi connectivity index (χ1) is 6.86. The molecule has 1 saturated carbocycles. The van der Waals surface area contributed by atoms with E-state index in [4.69, 9.17) is 5.26 Å². The number of nitriles is 1. The Balaban J connectivity index is 2.22. The van der Waals surface area contributed by atoms with Crippen molar-refractivity contribution in [3.63, 3.8) is 0 Å². The van der Waals surface area contributed by atoms with Crippen LogP contribution in [0.1, 0.15) is 49.9 Å². The van der Waals surface area contributed by atoms with Crippen LogP contribution in [0.15, 0.2) is 0 Å². The van der Waals surface area contributed by atoms with E-state index >= 15 is 0 Å². The van der Waals surface area contributed by atoms with Crippen LogP contribution in [0.25, 0.3) is 0 Å². The summed E-state index contributed by atoms with van der Waals surface area (Å²) in [5, 5.41) is 16.8. The molecule has 0 spiro atoms. The Morgan fingerprint density at radius 1 is 1.57 bits per heavy atom. The van der Waals surface area contributed by atoms with Crippen LogP contribution in [0.4, 0.5) is 0 Å². The number of aromatic nitrogens is 3. The maximum atomic E-state index is 8.87. The Kier molecular flexibility index (Phi) is 2.49. The van der Waals surface area contributed by atoms with Gasteiger partial charge in [-0.25, -0.2) is 4.68 Å². The summed E-state index contributed by atoms with van der Waals surface area (Å²) in [4.78, 5) is 0. The fourth-order valence-electron chi connectivity index (χ4n) is 1.63. The highest BCUT2D eigenvalue weighted by Gasteiger charge is 2.31. The lowest BCUT2D eigenvalue weighted by molar-refractivity contribution is 0.533. The molecule has 0 unspecified atom stereocenters. The van der Waals surface area contributed by atoms with E-state index in [0.29, 0.717) is 11.6 Å². The summed E-state index contributed by atoms with van der Waals surface area (Å²) in [5.74, 6) is 0.552. The van der Waals surface area contributed by atoms with Crippen LogP contribution in [0.2, 0.25) is 0 Å². The normalized spacial score (nSPS) is 15.4. The molecular weight excluding hydrogens is 176 g/mol. The quantitative estimate of drug-likeness (QED) is 0.727. The van der Waals surface area contributed by atoms with Gasteiger partial charge in [-0.15, -0.1) is 5.10 Å². The first-order valence-electron chi connectivity index (χ1n) is 5.20. The van der Waals surface area contributed by atoms with E-state index in [-0.39, 0.29) is 0 Å². The van der Waals surface area contributed by atoms with Crippen LogP contribution in [-0.2, 0) is 6.54 Å². The molecule has 1 aliphatic carbocycles. The lowest BCUT2D eigenvalue weighted by Crippen LogP contribution is -2.04. The molecule has 0 atom stereocenters. The van der Waals surface area contributed by atoms with Crippen molar-refractivity contribution in [1.29, 1.82) is 5.26 Å². The van der Waals surface area contributed by atoms with Crippen molar-refractivity contribution in [3.05, 3.63) is 11.4 Å². The van der Waals surface area contributed by atoms with Gasteiger partial charge >= 0.3 is 0 Å². The van der Waals surface area contributed by atoms with Gasteiger partial charge in [0.05, 0.1) is 5.69 Å². The molecule has 1 aliphatic rings. The summed E-state index contributed by atoms with van der Waals surface area (Å²) in [5.41, 5.74) is 1.60. The second-order valence-electron chi connectivity index (χ2n) is 3.79. The van der Waals surface area contributed by atoms with E-state index in [1.807, 2.05) is 4.68 Å². The lowest BCUT2D eigenvalue weighted by Gasteiger charge is -2.03. The minimum atomic E-state index is 0.531. The molecule has 4 heteroatoms. The van der Waals surface area contributed by atoms with Crippen LogP contribution in [0.3, 0.4) is 0 Å². The molecule has 2 rings (SSSR count). The van der Waals surface area contributed by atoms with Gasteiger partial charge in [-0.1, -0.05) is 18.6 Å². The number of hydrogen-bond donors (Lipinski definition) is 0. The molecule has 1 heterocycles. The topological polar surface area (TPSA) is 54.5 Å². The van der Waals surface area contributed by atoms with Crippen LogP contribution in [-0.4, -0.2) is 15.0 Å². The standard InChI is InChI=1S/C10H14N4/c1-2-3-6-14-10(8-4-5-8)9(7-11)12-13-14/h8H,2-6H2,1H3. The van der Waals surface area contributed by atoms with E-state index in [1.54, 1.807) is 0 Å². The number of nitrogens with zero attached hydrogens (tertiary/aromatic N) is 4. The van der Waals surface area contributed by atoms with Crippen molar-refractivity contribution in [2.45, 2.75) is 45.1 Å². The van der Waals surface area contributed by atoms with Crippen molar-refractivity contribution in [2.75, 3.05) is 0 Å². The third kappa shape index (κ3) is 1.63. The third-order valence-electron chi connectivity index (χ3n) is 2.57. The highest BCUT2D eigenvalue weighted by molar-refractivity contribution is 5.30. The molecule has 0 amide bonds. The molecule has 14 heavy (non-hydrogen) atoms. The minimum absolute atomic E-state index is 0.531. The summed E-state index contributed by atoms with van der Waals surface area (Å²) in [6, 6.07) is 2.12. The first-order valence-corrected chi connectivity index (χ1v) is 5.20. The highest BCUT2D eigenvalue weighted by Crippen LogP contribution is 2.40. The van der Waals surface area contributed by atoms with E-state index in [2.05, 4.69) is 23.3 Å². The van der Waals surface area contributed by atoms with Gasteiger partial charge in [-0.3, -0.25) is 0 Å². The van der Waals surface area contributed by atoms with Crippen LogP contribution >= 0.6 is 0 Å². The second kappa shape index (κ2) is 3.79. The summed E-state index contributed by atoms with van der Waals surface area (Å²) in [6.07, 6.45) is 4.63.